The summed E-state index contributed by atoms with van der Waals surface area (Å²) >= 11 is 0. The van der Waals surface area contributed by atoms with Crippen LogP contribution in [-0.2, 0) is 4.79 Å². The lowest BCUT2D eigenvalue weighted by molar-refractivity contribution is -0.115. The zero-order valence-electron chi connectivity index (χ0n) is 10.8. The van der Waals surface area contributed by atoms with E-state index < -0.39 is 0 Å². The third-order valence-electron chi connectivity index (χ3n) is 2.88. The molecule has 1 amide bonds. The molecule has 1 N–H and O–H groups in total. The molecule has 0 fully saturated rings. The predicted octanol–water partition coefficient (Wildman–Crippen LogP) is 2.21. The van der Waals surface area contributed by atoms with Crippen molar-refractivity contribution in [3.05, 3.63) is 59.7 Å². The number of carbonyl (C=O) groups excluding carboxylic acids is 1. The quantitative estimate of drug-likeness (QED) is 0.868. The van der Waals surface area contributed by atoms with Crippen LogP contribution in [0.25, 0.3) is 6.08 Å². The van der Waals surface area contributed by atoms with Crippen LogP contribution in [0, 0.1) is 0 Å². The van der Waals surface area contributed by atoms with E-state index in [0.29, 0.717) is 17.3 Å². The number of aliphatic imine (C=N–C) groups is 1. The highest BCUT2D eigenvalue weighted by Crippen LogP contribution is 2.17. The molecule has 3 rings (SSSR count). The molecule has 0 bridgehead atoms. The van der Waals surface area contributed by atoms with Gasteiger partial charge < -0.3 is 14.5 Å². The van der Waals surface area contributed by atoms with E-state index in [9.17, 15) is 4.79 Å². The molecule has 5 heteroatoms. The third-order valence-corrected chi connectivity index (χ3v) is 2.88. The molecule has 0 saturated heterocycles. The van der Waals surface area contributed by atoms with E-state index in [-0.39, 0.29) is 5.91 Å². The molecule has 1 aliphatic rings. The van der Waals surface area contributed by atoms with Crippen molar-refractivity contribution < 1.29 is 13.9 Å². The molecule has 0 atom stereocenters. The van der Waals surface area contributed by atoms with E-state index in [1.807, 2.05) is 24.3 Å². The minimum atomic E-state index is -0.243. The Morgan fingerprint density at radius 3 is 2.70 bits per heavy atom. The average Bonchev–Trinajstić information content (AvgIpc) is 3.10. The summed E-state index contributed by atoms with van der Waals surface area (Å²) in [5.74, 6) is 1.63. The molecule has 0 spiro atoms. The van der Waals surface area contributed by atoms with Crippen molar-refractivity contribution in [3.63, 3.8) is 0 Å². The maximum atomic E-state index is 11.8. The van der Waals surface area contributed by atoms with Crippen LogP contribution in [0.15, 0.2) is 57.8 Å². The number of rotatable bonds is 3. The number of ether oxygens (including phenoxy) is 1. The first-order valence-corrected chi connectivity index (χ1v) is 6.06. The van der Waals surface area contributed by atoms with Gasteiger partial charge in [-0.15, -0.1) is 0 Å². The smallest absolute Gasteiger partial charge is 0.275 e. The fraction of sp³-hybridized carbons (Fsp3) is 0.0667. The Morgan fingerprint density at radius 1 is 1.25 bits per heavy atom. The molecule has 20 heavy (non-hydrogen) atoms. The van der Waals surface area contributed by atoms with Gasteiger partial charge in [0.05, 0.1) is 13.4 Å². The van der Waals surface area contributed by atoms with Crippen molar-refractivity contribution in [3.8, 4) is 5.75 Å². The van der Waals surface area contributed by atoms with Gasteiger partial charge in [0.2, 0.25) is 0 Å². The summed E-state index contributed by atoms with van der Waals surface area (Å²) in [6, 6.07) is 10.8. The number of nitrogens with one attached hydrogen (secondary N) is 1. The maximum Gasteiger partial charge on any atom is 0.275 e. The van der Waals surface area contributed by atoms with Crippen LogP contribution in [-0.4, -0.2) is 18.9 Å². The first-order valence-electron chi connectivity index (χ1n) is 6.06. The first-order chi connectivity index (χ1) is 9.76. The van der Waals surface area contributed by atoms with Gasteiger partial charge in [-0.3, -0.25) is 4.79 Å². The van der Waals surface area contributed by atoms with Crippen LogP contribution in [0.5, 0.6) is 5.75 Å². The number of carbonyl (C=O) groups is 1. The highest BCUT2D eigenvalue weighted by Gasteiger charge is 2.21. The third kappa shape index (κ3) is 2.33. The first kappa shape index (κ1) is 12.2. The summed E-state index contributed by atoms with van der Waals surface area (Å²) in [6.07, 6.45) is 3.15. The second kappa shape index (κ2) is 5.05. The Balaban J connectivity index is 1.89. The molecule has 0 unspecified atom stereocenters. The number of nitrogens with zero attached hydrogens (tertiary/aromatic N) is 1. The topological polar surface area (TPSA) is 63.8 Å². The van der Waals surface area contributed by atoms with Crippen LogP contribution in [0.3, 0.4) is 0 Å². The molecule has 0 saturated carbocycles. The van der Waals surface area contributed by atoms with E-state index >= 15 is 0 Å². The van der Waals surface area contributed by atoms with Crippen LogP contribution >= 0.6 is 0 Å². The molecule has 0 aliphatic carbocycles. The monoisotopic (exact) mass is 268 g/mol. The lowest BCUT2D eigenvalue weighted by atomic mass is 10.2. The number of methoxy groups -OCH3 is 1. The van der Waals surface area contributed by atoms with E-state index in [0.717, 1.165) is 11.3 Å². The fourth-order valence-corrected chi connectivity index (χ4v) is 1.86. The SMILES string of the molecule is COc1ccc(C2=N/C(=C/c3ccco3)C(=O)N2)cc1. The van der Waals surface area contributed by atoms with Crippen LogP contribution in [0.1, 0.15) is 11.3 Å². The van der Waals surface area contributed by atoms with E-state index in [1.54, 1.807) is 31.6 Å². The molecule has 1 aromatic carbocycles. The zero-order chi connectivity index (χ0) is 13.9. The summed E-state index contributed by atoms with van der Waals surface area (Å²) in [5, 5.41) is 2.73. The molecular weight excluding hydrogens is 256 g/mol. The van der Waals surface area contributed by atoms with E-state index in [2.05, 4.69) is 10.3 Å². The lowest BCUT2D eigenvalue weighted by Crippen LogP contribution is -2.24. The van der Waals surface area contributed by atoms with Gasteiger partial charge in [0.15, 0.2) is 0 Å². The van der Waals surface area contributed by atoms with Crippen molar-refractivity contribution in [2.75, 3.05) is 7.11 Å². The van der Waals surface area contributed by atoms with Crippen LogP contribution in [0.2, 0.25) is 0 Å². The predicted molar refractivity (Wildman–Crippen MR) is 74.4 cm³/mol. The van der Waals surface area contributed by atoms with Crippen molar-refractivity contribution in [1.82, 2.24) is 5.32 Å². The normalized spacial score (nSPS) is 16.1. The number of amides is 1. The lowest BCUT2D eigenvalue weighted by Gasteiger charge is -2.02. The number of furan rings is 1. The molecule has 1 aromatic heterocycles. The summed E-state index contributed by atoms with van der Waals surface area (Å²) < 4.78 is 10.3. The summed E-state index contributed by atoms with van der Waals surface area (Å²) in [5.41, 5.74) is 1.15. The number of amidine groups is 1. The van der Waals surface area contributed by atoms with Gasteiger partial charge in [-0.2, -0.15) is 0 Å². The largest absolute Gasteiger partial charge is 0.497 e. The minimum Gasteiger partial charge on any atom is -0.497 e. The Labute approximate surface area is 115 Å². The van der Waals surface area contributed by atoms with Crippen LogP contribution in [0.4, 0.5) is 0 Å². The van der Waals surface area contributed by atoms with Crippen LogP contribution < -0.4 is 10.1 Å². The molecule has 0 radical (unpaired) electrons. The fourth-order valence-electron chi connectivity index (χ4n) is 1.86. The van der Waals surface area contributed by atoms with Crippen molar-refractivity contribution in [2.45, 2.75) is 0 Å². The Kier molecular flexibility index (Phi) is 3.09. The highest BCUT2D eigenvalue weighted by molar-refractivity contribution is 6.19. The summed E-state index contributed by atoms with van der Waals surface area (Å²) in [7, 11) is 1.61. The van der Waals surface area contributed by atoms with Gasteiger partial charge in [-0.25, -0.2) is 4.99 Å². The summed E-state index contributed by atoms with van der Waals surface area (Å²) in [4.78, 5) is 16.1. The summed E-state index contributed by atoms with van der Waals surface area (Å²) in [6.45, 7) is 0. The number of hydrogen-bond acceptors (Lipinski definition) is 4. The second-order valence-corrected chi connectivity index (χ2v) is 4.19. The number of benzene rings is 1. The van der Waals surface area contributed by atoms with Gasteiger partial charge in [0.25, 0.3) is 5.91 Å². The maximum absolute atomic E-state index is 11.8. The van der Waals surface area contributed by atoms with E-state index in [4.69, 9.17) is 9.15 Å². The second-order valence-electron chi connectivity index (χ2n) is 4.19. The highest BCUT2D eigenvalue weighted by atomic mass is 16.5. The van der Waals surface area contributed by atoms with Gasteiger partial charge in [-0.05, 0) is 36.4 Å². The van der Waals surface area contributed by atoms with Crippen molar-refractivity contribution in [2.24, 2.45) is 4.99 Å². The van der Waals surface area contributed by atoms with Gasteiger partial charge >= 0.3 is 0 Å². The van der Waals surface area contributed by atoms with E-state index in [1.165, 1.54) is 0 Å². The molecule has 5 nitrogen and oxygen atoms in total. The molecule has 2 aromatic rings. The molecular formula is C15H12N2O3. The van der Waals surface area contributed by atoms with Gasteiger partial charge in [0.1, 0.15) is 23.0 Å². The zero-order valence-corrected chi connectivity index (χ0v) is 10.8. The van der Waals surface area contributed by atoms with Gasteiger partial charge in [-0.1, -0.05) is 0 Å². The van der Waals surface area contributed by atoms with Gasteiger partial charge in [0, 0.05) is 11.6 Å². The standard InChI is InChI=1S/C15H12N2O3/c1-19-11-6-4-10(5-7-11)14-16-13(15(18)17-14)9-12-3-2-8-20-12/h2-9H,1H3,(H,16,17,18)/b13-9+. The van der Waals surface area contributed by atoms with Crippen molar-refractivity contribution in [1.29, 1.82) is 0 Å². The Hall–Kier alpha value is -2.82. The molecule has 2 heterocycles. The minimum absolute atomic E-state index is 0.243. The Morgan fingerprint density at radius 2 is 2.05 bits per heavy atom. The van der Waals surface area contributed by atoms with Crippen molar-refractivity contribution >= 4 is 17.8 Å². The number of hydrogen-bond donors (Lipinski definition) is 1. The Bertz CT molecular complexity index is 682. The average molecular weight is 268 g/mol. The molecule has 100 valence electrons. The molecule has 1 aliphatic heterocycles.